The van der Waals surface area contributed by atoms with Crippen LogP contribution in [-0.4, -0.2) is 46.4 Å². The molecule has 0 aromatic heterocycles. The van der Waals surface area contributed by atoms with Gasteiger partial charge in [0.05, 0.1) is 10.5 Å². The molecule has 164 valence electrons. The number of carbonyl (C=O) groups is 3. The van der Waals surface area contributed by atoms with Crippen LogP contribution in [0.4, 0.5) is 4.39 Å². The van der Waals surface area contributed by atoms with Crippen LogP contribution in [0.1, 0.15) is 65.7 Å². The van der Waals surface area contributed by atoms with Crippen molar-refractivity contribution in [2.75, 3.05) is 0 Å². The van der Waals surface area contributed by atoms with E-state index in [4.69, 9.17) is 21.1 Å². The maximum absolute atomic E-state index is 16.3. The zero-order chi connectivity index (χ0) is 21.7. The fourth-order valence-electron chi connectivity index (χ4n) is 8.05. The van der Waals surface area contributed by atoms with Crippen molar-refractivity contribution < 1.29 is 28.2 Å². The zero-order valence-electron chi connectivity index (χ0n) is 17.6. The minimum Gasteiger partial charge on any atom is -0.345 e. The Kier molecular flexibility index (Phi) is 4.17. The third-order valence-corrected chi connectivity index (χ3v) is 10.4. The van der Waals surface area contributed by atoms with Gasteiger partial charge < -0.3 is 9.47 Å². The molecule has 1 unspecified atom stereocenters. The molecule has 0 spiro atoms. The molecule has 0 aromatic rings. The highest BCUT2D eigenvalue weighted by atomic mass is 35.5. The first-order chi connectivity index (χ1) is 14.0. The first-order valence-electron chi connectivity index (χ1n) is 10.9. The van der Waals surface area contributed by atoms with Crippen molar-refractivity contribution in [3.05, 3.63) is 11.6 Å². The SMILES string of the molecule is CC1O[C@@]2(C(=O)C=O)CC[C@@]3(O1)[C@@H]1CCC4=CC(=O)CC[C@]4(C)[C@@]1(Cl)[C@@H](F)C[C@]23C. The van der Waals surface area contributed by atoms with E-state index in [0.29, 0.717) is 44.8 Å². The van der Waals surface area contributed by atoms with E-state index in [9.17, 15) is 14.4 Å². The largest absolute Gasteiger partial charge is 0.345 e. The Balaban J connectivity index is 1.71. The van der Waals surface area contributed by atoms with Crippen LogP contribution in [0.5, 0.6) is 0 Å². The number of ether oxygens (including phenoxy) is 2. The van der Waals surface area contributed by atoms with Gasteiger partial charge in [0.2, 0.25) is 5.78 Å². The summed E-state index contributed by atoms with van der Waals surface area (Å²) < 4.78 is 28.8. The fourth-order valence-corrected chi connectivity index (χ4v) is 8.63. The van der Waals surface area contributed by atoms with E-state index < -0.39 is 45.2 Å². The first-order valence-corrected chi connectivity index (χ1v) is 11.3. The number of ketones is 2. The third kappa shape index (κ3) is 2.00. The van der Waals surface area contributed by atoms with Crippen LogP contribution in [0.25, 0.3) is 0 Å². The summed E-state index contributed by atoms with van der Waals surface area (Å²) >= 11 is 7.36. The van der Waals surface area contributed by atoms with Crippen molar-refractivity contribution in [1.29, 1.82) is 0 Å². The van der Waals surface area contributed by atoms with Crippen LogP contribution in [0, 0.1) is 16.7 Å². The summed E-state index contributed by atoms with van der Waals surface area (Å²) in [6, 6.07) is 0. The third-order valence-electron chi connectivity index (χ3n) is 9.50. The second kappa shape index (κ2) is 6.02. The van der Waals surface area contributed by atoms with Gasteiger partial charge in [0.25, 0.3) is 0 Å². The van der Waals surface area contributed by atoms with E-state index in [1.807, 2.05) is 13.8 Å². The summed E-state index contributed by atoms with van der Waals surface area (Å²) in [5.74, 6) is -0.923. The van der Waals surface area contributed by atoms with E-state index >= 15 is 4.39 Å². The van der Waals surface area contributed by atoms with Gasteiger partial charge >= 0.3 is 0 Å². The quantitative estimate of drug-likeness (QED) is 0.372. The molecule has 0 N–H and O–H groups in total. The molecule has 3 saturated carbocycles. The number of allylic oxidation sites excluding steroid dienone is 1. The van der Waals surface area contributed by atoms with Crippen molar-refractivity contribution in [2.45, 2.75) is 94.3 Å². The fraction of sp³-hybridized carbons (Fsp3) is 0.783. The molecule has 1 saturated heterocycles. The Bertz CT molecular complexity index is 889. The summed E-state index contributed by atoms with van der Waals surface area (Å²) in [5, 5.41) is 0. The van der Waals surface area contributed by atoms with Crippen LogP contribution in [0.3, 0.4) is 0 Å². The summed E-state index contributed by atoms with van der Waals surface area (Å²) in [6.07, 6.45) is 2.74. The molecule has 30 heavy (non-hydrogen) atoms. The number of alkyl halides is 2. The van der Waals surface area contributed by atoms with Gasteiger partial charge in [-0.25, -0.2) is 4.39 Å². The average Bonchev–Trinajstić information content (AvgIpc) is 2.82. The maximum atomic E-state index is 16.3. The van der Waals surface area contributed by atoms with Crippen LogP contribution in [-0.2, 0) is 23.9 Å². The highest BCUT2D eigenvalue weighted by molar-refractivity contribution is 6.29. The molecule has 5 rings (SSSR count). The number of fused-ring (bicyclic) bond motifs is 3. The van der Waals surface area contributed by atoms with Gasteiger partial charge in [0, 0.05) is 23.2 Å². The molecule has 0 aromatic carbocycles. The molecule has 2 bridgehead atoms. The summed E-state index contributed by atoms with van der Waals surface area (Å²) in [4.78, 5) is 35.3. The van der Waals surface area contributed by atoms with Crippen molar-refractivity contribution in [3.8, 4) is 0 Å². The van der Waals surface area contributed by atoms with Gasteiger partial charge in [-0.2, -0.15) is 0 Å². The lowest BCUT2D eigenvalue weighted by atomic mass is 9.43. The second-order valence-corrected chi connectivity index (χ2v) is 11.0. The predicted molar refractivity (Wildman–Crippen MR) is 107 cm³/mol. The lowest BCUT2D eigenvalue weighted by Gasteiger charge is -2.69. The van der Waals surface area contributed by atoms with Crippen molar-refractivity contribution in [3.63, 3.8) is 0 Å². The zero-order valence-corrected chi connectivity index (χ0v) is 18.4. The number of hydrogen-bond acceptors (Lipinski definition) is 5. The van der Waals surface area contributed by atoms with E-state index in [1.54, 1.807) is 13.0 Å². The smallest absolute Gasteiger partial charge is 0.227 e. The van der Waals surface area contributed by atoms with Crippen LogP contribution in [0.15, 0.2) is 11.6 Å². The lowest BCUT2D eigenvalue weighted by molar-refractivity contribution is -0.366. The van der Waals surface area contributed by atoms with Crippen molar-refractivity contribution in [2.24, 2.45) is 16.7 Å². The molecule has 4 fully saturated rings. The Morgan fingerprint density at radius 2 is 1.97 bits per heavy atom. The Labute approximate surface area is 180 Å². The summed E-state index contributed by atoms with van der Waals surface area (Å²) in [7, 11) is 0. The van der Waals surface area contributed by atoms with Gasteiger partial charge in [-0.15, -0.1) is 11.6 Å². The standard InChI is InChI=1S/C23H28ClFO5/c1-13-29-21-8-9-22(30-13,18(28)12-26)20(21,3)11-17(25)23(24)16(21)5-4-14-10-15(27)6-7-19(14,23)2/h10,12-13,16-17H,4-9,11H2,1-3H3/t13?,16-,17-,19-,20-,21+,22+,23-/m0/s1. The molecule has 1 aliphatic heterocycles. The summed E-state index contributed by atoms with van der Waals surface area (Å²) in [6.45, 7) is 5.55. The number of hydrogen-bond donors (Lipinski definition) is 0. The number of halogens is 2. The van der Waals surface area contributed by atoms with Crippen molar-refractivity contribution in [1.82, 2.24) is 0 Å². The highest BCUT2D eigenvalue weighted by Gasteiger charge is 2.82. The predicted octanol–water partition coefficient (Wildman–Crippen LogP) is 3.85. The second-order valence-electron chi connectivity index (χ2n) is 10.3. The number of aldehydes is 1. The topological polar surface area (TPSA) is 69.7 Å². The molecule has 1 heterocycles. The molecule has 8 atom stereocenters. The van der Waals surface area contributed by atoms with Gasteiger partial charge in [0.1, 0.15) is 11.8 Å². The van der Waals surface area contributed by atoms with E-state index in [-0.39, 0.29) is 18.1 Å². The normalized spacial score (nSPS) is 54.5. The lowest BCUT2D eigenvalue weighted by Crippen LogP contribution is -2.77. The number of Topliss-reactive ketones (excluding diaryl/α,β-unsaturated/α-hetero) is 1. The molecular formula is C23H28ClFO5. The Morgan fingerprint density at radius 1 is 1.23 bits per heavy atom. The molecule has 7 heteroatoms. The molecule has 4 aliphatic carbocycles. The van der Waals surface area contributed by atoms with Gasteiger partial charge in [-0.1, -0.05) is 19.4 Å². The molecule has 0 amide bonds. The molecule has 0 radical (unpaired) electrons. The molecule has 5 aliphatic rings. The van der Waals surface area contributed by atoms with Crippen LogP contribution >= 0.6 is 11.6 Å². The minimum absolute atomic E-state index is 0.0177. The first kappa shape index (κ1) is 20.8. The maximum Gasteiger partial charge on any atom is 0.227 e. The molecular weight excluding hydrogens is 411 g/mol. The van der Waals surface area contributed by atoms with E-state index in [2.05, 4.69) is 0 Å². The van der Waals surface area contributed by atoms with E-state index in [1.165, 1.54) is 0 Å². The van der Waals surface area contributed by atoms with Crippen LogP contribution in [0.2, 0.25) is 0 Å². The van der Waals surface area contributed by atoms with Gasteiger partial charge in [0.15, 0.2) is 18.4 Å². The highest BCUT2D eigenvalue weighted by Crippen LogP contribution is 2.76. The monoisotopic (exact) mass is 438 g/mol. The van der Waals surface area contributed by atoms with Crippen LogP contribution < -0.4 is 0 Å². The Morgan fingerprint density at radius 3 is 2.67 bits per heavy atom. The summed E-state index contributed by atoms with van der Waals surface area (Å²) in [5.41, 5.74) is -2.96. The van der Waals surface area contributed by atoms with Gasteiger partial charge in [-0.05, 0) is 51.5 Å². The number of carbonyl (C=O) groups excluding carboxylic acids is 3. The minimum atomic E-state index is -1.43. The number of rotatable bonds is 2. The molecule has 5 nitrogen and oxygen atoms in total. The van der Waals surface area contributed by atoms with Crippen molar-refractivity contribution >= 4 is 29.5 Å². The average molecular weight is 439 g/mol. The Hall–Kier alpha value is -1.11. The van der Waals surface area contributed by atoms with Gasteiger partial charge in [-0.3, -0.25) is 14.4 Å². The van der Waals surface area contributed by atoms with E-state index in [0.717, 1.165) is 5.57 Å².